The second-order valence-electron chi connectivity index (χ2n) is 6.65. The third-order valence-corrected chi connectivity index (χ3v) is 6.68. The molecule has 2 aliphatic carbocycles. The molecule has 3 unspecified atom stereocenters. The number of hydrogen-bond acceptors (Lipinski definition) is 2. The zero-order chi connectivity index (χ0) is 13.7. The maximum atomic E-state index is 5.59. The van der Waals surface area contributed by atoms with Crippen molar-refractivity contribution in [2.45, 2.75) is 44.1 Å². The van der Waals surface area contributed by atoms with E-state index in [1.165, 1.54) is 48.6 Å². The zero-order valence-corrected chi connectivity index (χ0v) is 14.2. The average Bonchev–Trinajstić information content (AvgIpc) is 2.46. The third kappa shape index (κ3) is 1.78. The second kappa shape index (κ2) is 4.87. The Balaban J connectivity index is 1.90. The van der Waals surface area contributed by atoms with Gasteiger partial charge in [-0.3, -0.25) is 0 Å². The van der Waals surface area contributed by atoms with E-state index < -0.39 is 0 Å². The summed E-state index contributed by atoms with van der Waals surface area (Å²) in [6.07, 6.45) is 8.14. The Kier molecular flexibility index (Phi) is 3.26. The molecule has 1 N–H and O–H groups in total. The van der Waals surface area contributed by atoms with Crippen molar-refractivity contribution in [3.63, 3.8) is 0 Å². The lowest BCUT2D eigenvalue weighted by Gasteiger charge is -2.56. The van der Waals surface area contributed by atoms with Gasteiger partial charge in [0.15, 0.2) is 0 Å². The van der Waals surface area contributed by atoms with E-state index in [0.717, 1.165) is 17.6 Å². The summed E-state index contributed by atoms with van der Waals surface area (Å²) in [5, 5.41) is 3.93. The van der Waals surface area contributed by atoms with Gasteiger partial charge in [0.2, 0.25) is 0 Å². The van der Waals surface area contributed by atoms with E-state index in [1.807, 2.05) is 0 Å². The molecule has 1 aliphatic heterocycles. The van der Waals surface area contributed by atoms with Gasteiger partial charge < -0.3 is 10.1 Å². The van der Waals surface area contributed by atoms with Gasteiger partial charge in [-0.1, -0.05) is 12.8 Å². The zero-order valence-electron chi connectivity index (χ0n) is 12.0. The minimum Gasteiger partial charge on any atom is -0.496 e. The lowest BCUT2D eigenvalue weighted by Crippen LogP contribution is -2.59. The number of fused-ring (bicyclic) bond motifs is 1. The fourth-order valence-corrected chi connectivity index (χ4v) is 5.78. The molecule has 0 aromatic heterocycles. The van der Waals surface area contributed by atoms with Crippen molar-refractivity contribution in [2.75, 3.05) is 13.7 Å². The minimum atomic E-state index is 0.256. The lowest BCUT2D eigenvalue weighted by molar-refractivity contribution is 0.0346. The number of rotatable bonds is 1. The molecule has 4 rings (SSSR count). The molecule has 2 fully saturated rings. The number of halogens is 1. The van der Waals surface area contributed by atoms with Crippen molar-refractivity contribution in [1.82, 2.24) is 5.32 Å². The van der Waals surface area contributed by atoms with E-state index in [1.54, 1.807) is 18.2 Å². The molecule has 0 spiro atoms. The van der Waals surface area contributed by atoms with Crippen LogP contribution in [0, 0.1) is 15.4 Å². The molecule has 0 amide bonds. The first-order valence-corrected chi connectivity index (χ1v) is 8.94. The smallest absolute Gasteiger partial charge is 0.132 e. The van der Waals surface area contributed by atoms with Crippen LogP contribution in [0.15, 0.2) is 12.1 Å². The van der Waals surface area contributed by atoms with E-state index in [-0.39, 0.29) is 5.54 Å². The van der Waals surface area contributed by atoms with E-state index in [4.69, 9.17) is 4.74 Å². The van der Waals surface area contributed by atoms with Crippen LogP contribution in [0.2, 0.25) is 0 Å². The van der Waals surface area contributed by atoms with Crippen molar-refractivity contribution < 1.29 is 4.74 Å². The molecule has 3 heteroatoms. The van der Waals surface area contributed by atoms with E-state index >= 15 is 0 Å². The molecule has 1 heterocycles. The van der Waals surface area contributed by atoms with Crippen LogP contribution >= 0.6 is 22.6 Å². The largest absolute Gasteiger partial charge is 0.496 e. The van der Waals surface area contributed by atoms with Crippen molar-refractivity contribution in [3.05, 3.63) is 26.8 Å². The van der Waals surface area contributed by atoms with Gasteiger partial charge in [-0.15, -0.1) is 0 Å². The first kappa shape index (κ1) is 13.4. The molecule has 1 aromatic carbocycles. The Morgan fingerprint density at radius 3 is 3.05 bits per heavy atom. The summed E-state index contributed by atoms with van der Waals surface area (Å²) in [6, 6.07) is 4.71. The normalized spacial score (nSPS) is 35.1. The first-order valence-electron chi connectivity index (χ1n) is 7.86. The van der Waals surface area contributed by atoms with Crippen LogP contribution in [-0.4, -0.2) is 13.7 Å². The summed E-state index contributed by atoms with van der Waals surface area (Å²) in [5.41, 5.74) is 3.38. The minimum absolute atomic E-state index is 0.256. The Morgan fingerprint density at radius 1 is 1.30 bits per heavy atom. The molecule has 2 bridgehead atoms. The maximum Gasteiger partial charge on any atom is 0.132 e. The number of piperidine rings is 1. The molecule has 1 saturated carbocycles. The summed E-state index contributed by atoms with van der Waals surface area (Å²) in [6.45, 7) is 1.19. The van der Waals surface area contributed by atoms with Gasteiger partial charge in [0.25, 0.3) is 0 Å². The Hall–Kier alpha value is -0.290. The molecule has 1 saturated heterocycles. The highest BCUT2D eigenvalue weighted by molar-refractivity contribution is 14.1. The number of ether oxygens (including phenoxy) is 1. The Labute approximate surface area is 134 Å². The fourth-order valence-electron chi connectivity index (χ4n) is 5.03. The fraction of sp³-hybridized carbons (Fsp3) is 0.647. The van der Waals surface area contributed by atoms with Crippen LogP contribution in [0.1, 0.15) is 43.2 Å². The molecular weight excluding hydrogens is 361 g/mol. The summed E-state index contributed by atoms with van der Waals surface area (Å²) >= 11 is 2.41. The number of nitrogens with one attached hydrogen (secondary N) is 1. The van der Waals surface area contributed by atoms with Gasteiger partial charge in [0.05, 0.1) is 10.7 Å². The van der Waals surface area contributed by atoms with Crippen LogP contribution in [0.5, 0.6) is 5.75 Å². The molecule has 3 aliphatic rings. The van der Waals surface area contributed by atoms with Gasteiger partial charge in [-0.05, 0) is 89.9 Å². The van der Waals surface area contributed by atoms with Gasteiger partial charge in [0, 0.05) is 5.54 Å². The van der Waals surface area contributed by atoms with Gasteiger partial charge in [-0.25, -0.2) is 0 Å². The molecule has 3 atom stereocenters. The monoisotopic (exact) mass is 383 g/mol. The van der Waals surface area contributed by atoms with E-state index in [0.29, 0.717) is 0 Å². The molecule has 2 nitrogen and oxygen atoms in total. The lowest BCUT2D eigenvalue weighted by atomic mass is 9.56. The summed E-state index contributed by atoms with van der Waals surface area (Å²) in [5.74, 6) is 2.80. The maximum absolute atomic E-state index is 5.59. The highest BCUT2D eigenvalue weighted by atomic mass is 127. The predicted octanol–water partition coefficient (Wildman–Crippen LogP) is 3.85. The van der Waals surface area contributed by atoms with Gasteiger partial charge >= 0.3 is 0 Å². The Morgan fingerprint density at radius 2 is 2.20 bits per heavy atom. The SMILES string of the molecule is COc1cc2c(cc1I)CC1CCNC23CCCCC13. The van der Waals surface area contributed by atoms with Gasteiger partial charge in [0.1, 0.15) is 5.75 Å². The molecule has 1 aromatic rings. The summed E-state index contributed by atoms with van der Waals surface area (Å²) in [7, 11) is 1.79. The summed E-state index contributed by atoms with van der Waals surface area (Å²) < 4.78 is 6.85. The highest BCUT2D eigenvalue weighted by Crippen LogP contribution is 2.54. The second-order valence-corrected chi connectivity index (χ2v) is 7.81. The van der Waals surface area contributed by atoms with Crippen LogP contribution in [0.4, 0.5) is 0 Å². The van der Waals surface area contributed by atoms with E-state index in [2.05, 4.69) is 40.0 Å². The average molecular weight is 383 g/mol. The van der Waals surface area contributed by atoms with Crippen molar-refractivity contribution in [1.29, 1.82) is 0 Å². The molecular formula is C17H22INO. The van der Waals surface area contributed by atoms with Crippen molar-refractivity contribution in [3.8, 4) is 5.75 Å². The standard InChI is InChI=1S/C17H22INO/c1-20-16-10-14-12(9-15(16)18)8-11-5-7-19-17(14)6-3-2-4-13(11)17/h9-11,13,19H,2-8H2,1H3. The first-order chi connectivity index (χ1) is 9.74. The number of benzene rings is 1. The van der Waals surface area contributed by atoms with Crippen LogP contribution in [0.3, 0.4) is 0 Å². The topological polar surface area (TPSA) is 21.3 Å². The van der Waals surface area contributed by atoms with Crippen LogP contribution < -0.4 is 10.1 Å². The van der Waals surface area contributed by atoms with Crippen LogP contribution in [-0.2, 0) is 12.0 Å². The van der Waals surface area contributed by atoms with Crippen LogP contribution in [0.25, 0.3) is 0 Å². The van der Waals surface area contributed by atoms with Gasteiger partial charge in [-0.2, -0.15) is 0 Å². The molecule has 0 radical (unpaired) electrons. The third-order valence-electron chi connectivity index (χ3n) is 5.83. The molecule has 108 valence electrons. The molecule has 20 heavy (non-hydrogen) atoms. The Bertz CT molecular complexity index is 540. The van der Waals surface area contributed by atoms with E-state index in [9.17, 15) is 0 Å². The number of hydrogen-bond donors (Lipinski definition) is 1. The van der Waals surface area contributed by atoms with Crippen molar-refractivity contribution >= 4 is 22.6 Å². The number of methoxy groups -OCH3 is 1. The highest BCUT2D eigenvalue weighted by Gasteiger charge is 2.51. The summed E-state index contributed by atoms with van der Waals surface area (Å²) in [4.78, 5) is 0. The van der Waals surface area contributed by atoms with Crippen molar-refractivity contribution in [2.24, 2.45) is 11.8 Å². The quantitative estimate of drug-likeness (QED) is 0.744. The predicted molar refractivity (Wildman–Crippen MR) is 89.2 cm³/mol.